The minimum atomic E-state index is -0.544. The zero-order valence-electron chi connectivity index (χ0n) is 9.88. The fourth-order valence-corrected chi connectivity index (χ4v) is 1.14. The van der Waals surface area contributed by atoms with Crippen molar-refractivity contribution < 1.29 is 19.1 Å². The second kappa shape index (κ2) is 6.52. The molecule has 0 N–H and O–H groups in total. The maximum Gasteiger partial charge on any atom is 0.410 e. The Morgan fingerprint density at radius 2 is 1.88 bits per heavy atom. The molecule has 5 heteroatoms. The van der Waals surface area contributed by atoms with Gasteiger partial charge in [-0.05, 0) is 19.1 Å². The first-order valence-electron chi connectivity index (χ1n) is 5.27. The highest BCUT2D eigenvalue weighted by Crippen LogP contribution is 2.08. The number of carbonyl (C=O) groups excluding carboxylic acids is 2. The molecule has 0 aliphatic carbocycles. The highest BCUT2D eigenvalue weighted by Gasteiger charge is 2.14. The Morgan fingerprint density at radius 1 is 1.24 bits per heavy atom. The van der Waals surface area contributed by atoms with E-state index >= 15 is 0 Å². The zero-order valence-corrected chi connectivity index (χ0v) is 9.88. The highest BCUT2D eigenvalue weighted by molar-refractivity contribution is 5.79. The minimum Gasteiger partial charge on any atom is -0.450 e. The largest absolute Gasteiger partial charge is 0.450 e. The van der Waals surface area contributed by atoms with Crippen LogP contribution in [0.5, 0.6) is 5.75 Å². The second-order valence-corrected chi connectivity index (χ2v) is 3.34. The van der Waals surface area contributed by atoms with Crippen LogP contribution in [0.1, 0.15) is 6.92 Å². The number of benzene rings is 1. The molecule has 0 spiro atoms. The summed E-state index contributed by atoms with van der Waals surface area (Å²) in [5.41, 5.74) is 0. The molecule has 0 heterocycles. The van der Waals surface area contributed by atoms with Crippen LogP contribution in [-0.2, 0) is 9.53 Å². The van der Waals surface area contributed by atoms with E-state index in [2.05, 4.69) is 0 Å². The Morgan fingerprint density at radius 3 is 2.47 bits per heavy atom. The first-order valence-corrected chi connectivity index (χ1v) is 5.27. The van der Waals surface area contributed by atoms with E-state index < -0.39 is 12.1 Å². The summed E-state index contributed by atoms with van der Waals surface area (Å²) in [7, 11) is 1.48. The van der Waals surface area contributed by atoms with Gasteiger partial charge in [-0.3, -0.25) is 0 Å². The molecule has 0 unspecified atom stereocenters. The van der Waals surface area contributed by atoms with Gasteiger partial charge in [-0.2, -0.15) is 0 Å². The summed E-state index contributed by atoms with van der Waals surface area (Å²) < 4.78 is 9.76. The molecule has 0 atom stereocenters. The number of esters is 1. The van der Waals surface area contributed by atoms with Crippen molar-refractivity contribution >= 4 is 12.1 Å². The minimum absolute atomic E-state index is 0.145. The summed E-state index contributed by atoms with van der Waals surface area (Å²) in [5, 5.41) is 0. The third-order valence-electron chi connectivity index (χ3n) is 1.92. The molecule has 92 valence electrons. The van der Waals surface area contributed by atoms with E-state index in [-0.39, 0.29) is 13.2 Å². The van der Waals surface area contributed by atoms with Crippen LogP contribution in [0.15, 0.2) is 30.3 Å². The van der Waals surface area contributed by atoms with E-state index in [1.54, 1.807) is 31.2 Å². The first-order chi connectivity index (χ1) is 8.13. The number of likely N-dealkylation sites (N-methyl/N-ethyl adjacent to an activating group) is 1. The van der Waals surface area contributed by atoms with Crippen LogP contribution in [0.4, 0.5) is 4.79 Å². The standard InChI is InChI=1S/C12H15NO4/c1-3-16-12(15)13(2)9-11(14)17-10-7-5-4-6-8-10/h4-8H,3,9H2,1-2H3. The van der Waals surface area contributed by atoms with Crippen LogP contribution in [0.25, 0.3) is 0 Å². The topological polar surface area (TPSA) is 55.8 Å². The zero-order chi connectivity index (χ0) is 12.7. The predicted molar refractivity (Wildman–Crippen MR) is 61.7 cm³/mol. The maximum atomic E-state index is 11.5. The molecule has 1 rings (SSSR count). The summed E-state index contributed by atoms with van der Waals surface area (Å²) in [6.45, 7) is 1.83. The van der Waals surface area contributed by atoms with Crippen LogP contribution in [0.3, 0.4) is 0 Å². The summed E-state index contributed by atoms with van der Waals surface area (Å²) >= 11 is 0. The lowest BCUT2D eigenvalue weighted by atomic mass is 10.3. The van der Waals surface area contributed by atoms with Crippen LogP contribution in [0, 0.1) is 0 Å². The van der Waals surface area contributed by atoms with Gasteiger partial charge < -0.3 is 14.4 Å². The fourth-order valence-electron chi connectivity index (χ4n) is 1.14. The van der Waals surface area contributed by atoms with Gasteiger partial charge in [0, 0.05) is 7.05 Å². The lowest BCUT2D eigenvalue weighted by Crippen LogP contribution is -2.34. The quantitative estimate of drug-likeness (QED) is 0.590. The molecule has 5 nitrogen and oxygen atoms in total. The van der Waals surface area contributed by atoms with Crippen molar-refractivity contribution in [1.82, 2.24) is 4.90 Å². The van der Waals surface area contributed by atoms with E-state index in [4.69, 9.17) is 9.47 Å². The van der Waals surface area contributed by atoms with Crippen LogP contribution in [-0.4, -0.2) is 37.2 Å². The van der Waals surface area contributed by atoms with Crippen molar-refractivity contribution in [2.24, 2.45) is 0 Å². The number of ether oxygens (including phenoxy) is 2. The monoisotopic (exact) mass is 237 g/mol. The second-order valence-electron chi connectivity index (χ2n) is 3.34. The highest BCUT2D eigenvalue weighted by atomic mass is 16.6. The molecular formula is C12H15NO4. The maximum absolute atomic E-state index is 11.5. The molecule has 1 amide bonds. The number of rotatable bonds is 4. The van der Waals surface area contributed by atoms with Gasteiger partial charge in [-0.25, -0.2) is 9.59 Å². The van der Waals surface area contributed by atoms with Gasteiger partial charge in [0.05, 0.1) is 6.61 Å². The molecule has 0 bridgehead atoms. The fraction of sp³-hybridized carbons (Fsp3) is 0.333. The number of hydrogen-bond donors (Lipinski definition) is 0. The van der Waals surface area contributed by atoms with Gasteiger partial charge in [0.25, 0.3) is 0 Å². The Labute approximate surface area is 99.9 Å². The van der Waals surface area contributed by atoms with Crippen LogP contribution >= 0.6 is 0 Å². The smallest absolute Gasteiger partial charge is 0.410 e. The molecule has 1 aromatic rings. The third kappa shape index (κ3) is 4.55. The van der Waals surface area contributed by atoms with Crippen molar-refractivity contribution in [2.75, 3.05) is 20.2 Å². The van der Waals surface area contributed by atoms with Crippen molar-refractivity contribution in [2.45, 2.75) is 6.92 Å². The van der Waals surface area contributed by atoms with E-state index in [0.717, 1.165) is 4.90 Å². The molecule has 0 radical (unpaired) electrons. The number of nitrogens with zero attached hydrogens (tertiary/aromatic N) is 1. The molecule has 0 saturated heterocycles. The molecule has 0 aromatic heterocycles. The average molecular weight is 237 g/mol. The van der Waals surface area contributed by atoms with Gasteiger partial charge in [0.1, 0.15) is 12.3 Å². The molecule has 0 saturated carbocycles. The van der Waals surface area contributed by atoms with Gasteiger partial charge >= 0.3 is 12.1 Å². The molecule has 17 heavy (non-hydrogen) atoms. The molecule has 0 aliphatic rings. The van der Waals surface area contributed by atoms with Crippen LogP contribution in [0.2, 0.25) is 0 Å². The van der Waals surface area contributed by atoms with E-state index in [9.17, 15) is 9.59 Å². The predicted octanol–water partition coefficient (Wildman–Crippen LogP) is 1.68. The van der Waals surface area contributed by atoms with Gasteiger partial charge in [0.2, 0.25) is 0 Å². The number of hydrogen-bond acceptors (Lipinski definition) is 4. The number of para-hydroxylation sites is 1. The summed E-state index contributed by atoms with van der Waals surface area (Å²) in [6.07, 6.45) is -0.544. The lowest BCUT2D eigenvalue weighted by molar-refractivity contribution is -0.135. The summed E-state index contributed by atoms with van der Waals surface area (Å²) in [5.74, 6) is -0.0542. The summed E-state index contributed by atoms with van der Waals surface area (Å²) in [6, 6.07) is 8.68. The van der Waals surface area contributed by atoms with Gasteiger partial charge in [-0.15, -0.1) is 0 Å². The third-order valence-corrected chi connectivity index (χ3v) is 1.92. The molecule has 0 aliphatic heterocycles. The van der Waals surface area contributed by atoms with Crippen LogP contribution < -0.4 is 4.74 Å². The van der Waals surface area contributed by atoms with Gasteiger partial charge in [-0.1, -0.05) is 18.2 Å². The van der Waals surface area contributed by atoms with Gasteiger partial charge in [0.15, 0.2) is 0 Å². The number of carbonyl (C=O) groups is 2. The molecule has 0 fully saturated rings. The SMILES string of the molecule is CCOC(=O)N(C)CC(=O)Oc1ccccc1. The molecular weight excluding hydrogens is 222 g/mol. The summed E-state index contributed by atoms with van der Waals surface area (Å²) in [4.78, 5) is 23.8. The van der Waals surface area contributed by atoms with Crippen molar-refractivity contribution in [3.05, 3.63) is 30.3 Å². The Balaban J connectivity index is 2.42. The van der Waals surface area contributed by atoms with Crippen molar-refractivity contribution in [3.8, 4) is 5.75 Å². The Bertz CT molecular complexity index is 377. The first kappa shape index (κ1) is 13.0. The van der Waals surface area contributed by atoms with E-state index in [1.165, 1.54) is 7.05 Å². The van der Waals surface area contributed by atoms with Crippen molar-refractivity contribution in [3.63, 3.8) is 0 Å². The lowest BCUT2D eigenvalue weighted by Gasteiger charge is -2.15. The number of amides is 1. The molecule has 1 aromatic carbocycles. The van der Waals surface area contributed by atoms with E-state index in [1.807, 2.05) is 6.07 Å². The Kier molecular flexibility index (Phi) is 5.00. The van der Waals surface area contributed by atoms with E-state index in [0.29, 0.717) is 5.75 Å². The normalized spacial score (nSPS) is 9.53. The average Bonchev–Trinajstić information content (AvgIpc) is 2.30. The Hall–Kier alpha value is -2.04. The van der Waals surface area contributed by atoms with Crippen molar-refractivity contribution in [1.29, 1.82) is 0 Å².